The van der Waals surface area contributed by atoms with Crippen molar-refractivity contribution in [3.63, 3.8) is 0 Å². The number of hydrogen-bond acceptors (Lipinski definition) is 2. The Morgan fingerprint density at radius 3 is 2.76 bits per heavy atom. The molecule has 0 fully saturated rings. The first-order valence-corrected chi connectivity index (χ1v) is 8.99. The Hall–Kier alpha value is -0.900. The highest BCUT2D eigenvalue weighted by Crippen LogP contribution is 2.34. The van der Waals surface area contributed by atoms with E-state index < -0.39 is 0 Å². The van der Waals surface area contributed by atoms with Gasteiger partial charge in [-0.3, -0.25) is 0 Å². The Labute approximate surface area is 140 Å². The number of rotatable bonds is 6. The summed E-state index contributed by atoms with van der Waals surface area (Å²) in [6.07, 6.45) is 3.46. The molecule has 1 atom stereocenters. The molecule has 1 nitrogen and oxygen atoms in total. The smallest absolute Gasteiger partial charge is 0.0360 e. The minimum Gasteiger partial charge on any atom is -0.311 e. The molecule has 2 aromatic rings. The van der Waals surface area contributed by atoms with E-state index in [4.69, 9.17) is 0 Å². The van der Waals surface area contributed by atoms with Gasteiger partial charge in [0.2, 0.25) is 0 Å². The summed E-state index contributed by atoms with van der Waals surface area (Å²) in [7, 11) is 0. The Morgan fingerprint density at radius 2 is 2.05 bits per heavy atom. The Kier molecular flexibility index (Phi) is 6.22. The van der Waals surface area contributed by atoms with Crippen LogP contribution in [0.3, 0.4) is 0 Å². The lowest BCUT2D eigenvalue weighted by Gasteiger charge is -2.13. The number of nitrogens with one attached hydrogen (secondary N) is 1. The molecule has 112 valence electrons. The van der Waals surface area contributed by atoms with Gasteiger partial charge in [-0.1, -0.05) is 46.6 Å². The van der Waals surface area contributed by atoms with Crippen LogP contribution in [-0.2, 0) is 0 Å². The van der Waals surface area contributed by atoms with Crippen LogP contribution in [-0.4, -0.2) is 12.6 Å². The van der Waals surface area contributed by atoms with Gasteiger partial charge >= 0.3 is 0 Å². The molecule has 0 aliphatic rings. The molecular weight excluding hydrogens is 342 g/mol. The summed E-state index contributed by atoms with van der Waals surface area (Å²) in [6, 6.07) is 13.2. The lowest BCUT2D eigenvalue weighted by atomic mass is 10.1. The fourth-order valence-electron chi connectivity index (χ4n) is 2.11. The van der Waals surface area contributed by atoms with E-state index in [0.29, 0.717) is 6.04 Å². The molecule has 0 aliphatic heterocycles. The van der Waals surface area contributed by atoms with Gasteiger partial charge in [0, 0.05) is 25.8 Å². The van der Waals surface area contributed by atoms with Crippen LogP contribution < -0.4 is 5.32 Å². The van der Waals surface area contributed by atoms with Gasteiger partial charge in [-0.2, -0.15) is 0 Å². The van der Waals surface area contributed by atoms with Gasteiger partial charge in [0.25, 0.3) is 0 Å². The first kappa shape index (κ1) is 16.5. The predicted molar refractivity (Wildman–Crippen MR) is 98.9 cm³/mol. The summed E-state index contributed by atoms with van der Waals surface area (Å²) >= 11 is 5.46. The lowest BCUT2D eigenvalue weighted by Crippen LogP contribution is -2.27. The molecule has 1 N–H and O–H groups in total. The molecule has 1 unspecified atom stereocenters. The zero-order valence-electron chi connectivity index (χ0n) is 12.8. The highest BCUT2D eigenvalue weighted by molar-refractivity contribution is 9.10. The van der Waals surface area contributed by atoms with Crippen LogP contribution in [0.15, 0.2) is 46.4 Å². The van der Waals surface area contributed by atoms with E-state index in [1.54, 1.807) is 0 Å². The zero-order valence-corrected chi connectivity index (χ0v) is 15.2. The maximum Gasteiger partial charge on any atom is 0.0360 e. The third-order valence-corrected chi connectivity index (χ3v) is 5.28. The van der Waals surface area contributed by atoms with E-state index >= 15 is 0 Å². The lowest BCUT2D eigenvalue weighted by molar-refractivity contribution is 0.604. The topological polar surface area (TPSA) is 12.0 Å². The second kappa shape index (κ2) is 7.92. The molecule has 0 bridgehead atoms. The molecule has 1 heterocycles. The van der Waals surface area contributed by atoms with Crippen LogP contribution in [0, 0.1) is 0 Å². The fourth-order valence-corrected chi connectivity index (χ4v) is 3.80. The molecule has 0 saturated heterocycles. The summed E-state index contributed by atoms with van der Waals surface area (Å²) in [5.74, 6) is 0. The maximum atomic E-state index is 3.63. The van der Waals surface area contributed by atoms with E-state index in [1.165, 1.54) is 27.3 Å². The van der Waals surface area contributed by atoms with Gasteiger partial charge in [-0.05, 0) is 51.1 Å². The summed E-state index contributed by atoms with van der Waals surface area (Å²) in [6.45, 7) is 7.69. The van der Waals surface area contributed by atoms with Crippen LogP contribution in [0.25, 0.3) is 16.5 Å². The number of hydrogen-bond donors (Lipinski definition) is 1. The number of benzene rings is 1. The molecule has 0 aliphatic carbocycles. The average molecular weight is 364 g/mol. The normalized spacial score (nSPS) is 13.4. The largest absolute Gasteiger partial charge is 0.311 e. The molecule has 0 amide bonds. The summed E-state index contributed by atoms with van der Waals surface area (Å²) in [4.78, 5) is 2.61. The monoisotopic (exact) mass is 363 g/mol. The van der Waals surface area contributed by atoms with Gasteiger partial charge in [-0.15, -0.1) is 11.3 Å². The van der Waals surface area contributed by atoms with Gasteiger partial charge < -0.3 is 5.32 Å². The summed E-state index contributed by atoms with van der Waals surface area (Å²) < 4.78 is 1.15. The van der Waals surface area contributed by atoms with Crippen molar-refractivity contribution in [2.24, 2.45) is 0 Å². The van der Waals surface area contributed by atoms with Crippen molar-refractivity contribution in [3.8, 4) is 10.4 Å². The first-order valence-electron chi connectivity index (χ1n) is 7.38. The van der Waals surface area contributed by atoms with E-state index in [9.17, 15) is 0 Å². The van der Waals surface area contributed by atoms with Crippen LogP contribution in [0.2, 0.25) is 0 Å². The minimum absolute atomic E-state index is 0.430. The van der Waals surface area contributed by atoms with Crippen molar-refractivity contribution in [3.05, 3.63) is 51.3 Å². The Morgan fingerprint density at radius 1 is 1.29 bits per heavy atom. The second-order valence-corrected chi connectivity index (χ2v) is 7.22. The van der Waals surface area contributed by atoms with Gasteiger partial charge in [0.15, 0.2) is 0 Å². The van der Waals surface area contributed by atoms with Crippen molar-refractivity contribution in [2.75, 3.05) is 6.54 Å². The Balaban J connectivity index is 2.15. The van der Waals surface area contributed by atoms with Crippen LogP contribution >= 0.6 is 27.3 Å². The van der Waals surface area contributed by atoms with Crippen molar-refractivity contribution in [2.45, 2.75) is 33.2 Å². The number of halogens is 1. The van der Waals surface area contributed by atoms with Crippen LogP contribution in [0.5, 0.6) is 0 Å². The molecule has 0 spiro atoms. The van der Waals surface area contributed by atoms with Crippen molar-refractivity contribution in [1.82, 2.24) is 5.32 Å². The molecule has 2 rings (SSSR count). The van der Waals surface area contributed by atoms with Crippen molar-refractivity contribution < 1.29 is 0 Å². The summed E-state index contributed by atoms with van der Waals surface area (Å²) in [5.41, 5.74) is 2.64. The predicted octanol–water partition coefficient (Wildman–Crippen LogP) is 5.97. The molecule has 21 heavy (non-hydrogen) atoms. The first-order chi connectivity index (χ1) is 10.1. The van der Waals surface area contributed by atoms with E-state index in [0.717, 1.165) is 11.0 Å². The minimum atomic E-state index is 0.430. The zero-order chi connectivity index (χ0) is 15.2. The Bertz CT molecular complexity index is 615. The third kappa shape index (κ3) is 4.53. The fraction of sp³-hybridized carbons (Fsp3) is 0.333. The van der Waals surface area contributed by atoms with Crippen LogP contribution in [0.4, 0.5) is 0 Å². The van der Waals surface area contributed by atoms with Crippen LogP contribution in [0.1, 0.15) is 32.1 Å². The molecule has 1 aromatic carbocycles. The van der Waals surface area contributed by atoms with E-state index in [-0.39, 0.29) is 0 Å². The van der Waals surface area contributed by atoms with Gasteiger partial charge in [0.1, 0.15) is 0 Å². The number of thiophene rings is 1. The SMILES string of the molecule is CCCNC(C)/C(C)=C/c1ccc(-c2ccccc2Br)s1. The highest BCUT2D eigenvalue weighted by atomic mass is 79.9. The third-order valence-electron chi connectivity index (χ3n) is 3.52. The van der Waals surface area contributed by atoms with Gasteiger partial charge in [0.05, 0.1) is 0 Å². The quantitative estimate of drug-likeness (QED) is 0.666. The second-order valence-electron chi connectivity index (χ2n) is 5.25. The van der Waals surface area contributed by atoms with Crippen molar-refractivity contribution >= 4 is 33.3 Å². The molecular formula is C18H22BrNS. The molecule has 1 aromatic heterocycles. The standard InChI is InChI=1S/C18H22BrNS/c1-4-11-20-14(3)13(2)12-15-9-10-18(21-15)16-7-5-6-8-17(16)19/h5-10,12,14,20H,4,11H2,1-3H3/b13-12+. The van der Waals surface area contributed by atoms with Crippen molar-refractivity contribution in [1.29, 1.82) is 0 Å². The molecule has 0 radical (unpaired) electrons. The molecule has 3 heteroatoms. The average Bonchev–Trinajstić information content (AvgIpc) is 2.93. The molecule has 0 saturated carbocycles. The van der Waals surface area contributed by atoms with E-state index in [1.807, 2.05) is 17.4 Å². The van der Waals surface area contributed by atoms with Gasteiger partial charge in [-0.25, -0.2) is 0 Å². The highest BCUT2D eigenvalue weighted by Gasteiger charge is 2.07. The van der Waals surface area contributed by atoms with E-state index in [2.05, 4.69) is 78.4 Å². The maximum absolute atomic E-state index is 3.63. The summed E-state index contributed by atoms with van der Waals surface area (Å²) in [5, 5.41) is 3.53.